The molecule has 0 bridgehead atoms. The van der Waals surface area contributed by atoms with E-state index in [1.807, 2.05) is 25.1 Å². The van der Waals surface area contributed by atoms with Crippen LogP contribution in [0.15, 0.2) is 18.2 Å². The largest absolute Gasteiger partial charge is 0.493 e. The van der Waals surface area contributed by atoms with Crippen molar-refractivity contribution in [3.8, 4) is 11.5 Å². The van der Waals surface area contributed by atoms with Gasteiger partial charge in [-0.2, -0.15) is 0 Å². The van der Waals surface area contributed by atoms with E-state index >= 15 is 0 Å². The van der Waals surface area contributed by atoms with Gasteiger partial charge in [-0.05, 0) is 19.1 Å². The monoisotopic (exact) mass is 299 g/mol. The highest BCUT2D eigenvalue weighted by Crippen LogP contribution is 2.29. The predicted octanol–water partition coefficient (Wildman–Crippen LogP) is 1.53. The van der Waals surface area contributed by atoms with Crippen LogP contribution < -0.4 is 14.8 Å². The average Bonchev–Trinajstić information content (AvgIpc) is 2.52. The number of aliphatic hydroxyl groups excluding tert-OH is 1. The van der Waals surface area contributed by atoms with E-state index in [-0.39, 0.29) is 6.61 Å². The number of hydrogen-bond donors (Lipinski definition) is 2. The van der Waals surface area contributed by atoms with Crippen LogP contribution in [0.2, 0.25) is 0 Å². The molecule has 0 aliphatic carbocycles. The lowest BCUT2D eigenvalue weighted by atomic mass is 10.2. The molecule has 21 heavy (non-hydrogen) atoms. The van der Waals surface area contributed by atoms with Gasteiger partial charge in [-0.1, -0.05) is 0 Å². The van der Waals surface area contributed by atoms with Crippen molar-refractivity contribution in [2.75, 3.05) is 52.5 Å². The Morgan fingerprint density at radius 2 is 1.81 bits per heavy atom. The molecule has 0 spiro atoms. The lowest BCUT2D eigenvalue weighted by molar-refractivity contribution is 0.0103. The Hall–Kier alpha value is -1.50. The van der Waals surface area contributed by atoms with Crippen LogP contribution in [-0.4, -0.2) is 58.4 Å². The van der Waals surface area contributed by atoms with Crippen molar-refractivity contribution in [1.82, 2.24) is 0 Å². The molecule has 0 fully saturated rings. The van der Waals surface area contributed by atoms with Gasteiger partial charge in [0, 0.05) is 24.9 Å². The van der Waals surface area contributed by atoms with Crippen LogP contribution in [0.4, 0.5) is 5.69 Å². The minimum absolute atomic E-state index is 0.271. The summed E-state index contributed by atoms with van der Waals surface area (Å²) < 4.78 is 20.8. The van der Waals surface area contributed by atoms with E-state index in [0.717, 1.165) is 5.69 Å². The van der Waals surface area contributed by atoms with Crippen molar-refractivity contribution >= 4 is 5.69 Å². The molecule has 0 radical (unpaired) electrons. The molecule has 120 valence electrons. The molecule has 0 saturated carbocycles. The van der Waals surface area contributed by atoms with Crippen LogP contribution in [0.3, 0.4) is 0 Å². The maximum atomic E-state index is 9.81. The first-order valence-electron chi connectivity index (χ1n) is 7.00. The van der Waals surface area contributed by atoms with Gasteiger partial charge in [-0.15, -0.1) is 0 Å². The molecule has 0 saturated heterocycles. The topological polar surface area (TPSA) is 69.2 Å². The SMILES string of the molecule is CCOCCOCC(O)CNc1ccc(OC)c(OC)c1. The van der Waals surface area contributed by atoms with Crippen LogP contribution in [0.5, 0.6) is 11.5 Å². The second-order valence-electron chi connectivity index (χ2n) is 4.38. The molecule has 0 aromatic heterocycles. The van der Waals surface area contributed by atoms with Crippen molar-refractivity contribution in [2.45, 2.75) is 13.0 Å². The van der Waals surface area contributed by atoms with Gasteiger partial charge in [0.25, 0.3) is 0 Å². The Kier molecular flexibility index (Phi) is 8.57. The highest BCUT2D eigenvalue weighted by Gasteiger charge is 2.07. The van der Waals surface area contributed by atoms with Gasteiger partial charge in [-0.3, -0.25) is 0 Å². The summed E-state index contributed by atoms with van der Waals surface area (Å²) in [6.45, 7) is 4.31. The summed E-state index contributed by atoms with van der Waals surface area (Å²) in [5.74, 6) is 1.31. The summed E-state index contributed by atoms with van der Waals surface area (Å²) >= 11 is 0. The number of rotatable bonds is 11. The molecule has 2 N–H and O–H groups in total. The van der Waals surface area contributed by atoms with E-state index in [4.69, 9.17) is 18.9 Å². The average molecular weight is 299 g/mol. The lowest BCUT2D eigenvalue weighted by Gasteiger charge is -2.15. The summed E-state index contributed by atoms with van der Waals surface area (Å²) in [6, 6.07) is 5.50. The molecule has 0 heterocycles. The number of ether oxygens (including phenoxy) is 4. The second kappa shape index (κ2) is 10.3. The van der Waals surface area contributed by atoms with Crippen LogP contribution in [0.1, 0.15) is 6.92 Å². The van der Waals surface area contributed by atoms with E-state index < -0.39 is 6.10 Å². The second-order valence-corrected chi connectivity index (χ2v) is 4.38. The Morgan fingerprint density at radius 1 is 1.10 bits per heavy atom. The molecule has 1 unspecified atom stereocenters. The number of aliphatic hydroxyl groups is 1. The summed E-state index contributed by atoms with van der Waals surface area (Å²) in [7, 11) is 3.18. The number of anilines is 1. The first kappa shape index (κ1) is 17.6. The molecule has 6 heteroatoms. The summed E-state index contributed by atoms with van der Waals surface area (Å²) in [4.78, 5) is 0. The standard InChI is InChI=1S/C15H25NO5/c1-4-20-7-8-21-11-13(17)10-16-12-5-6-14(18-2)15(9-12)19-3/h5-6,9,13,16-17H,4,7-8,10-11H2,1-3H3. The van der Waals surface area contributed by atoms with E-state index in [9.17, 15) is 5.11 Å². The van der Waals surface area contributed by atoms with Crippen LogP contribution >= 0.6 is 0 Å². The first-order chi connectivity index (χ1) is 10.2. The van der Waals surface area contributed by atoms with Crippen LogP contribution in [0, 0.1) is 0 Å². The van der Waals surface area contributed by atoms with Crippen molar-refractivity contribution in [2.24, 2.45) is 0 Å². The molecule has 0 aliphatic heterocycles. The van der Waals surface area contributed by atoms with E-state index in [0.29, 0.717) is 37.9 Å². The summed E-state index contributed by atoms with van der Waals surface area (Å²) in [5.41, 5.74) is 0.848. The van der Waals surface area contributed by atoms with E-state index in [2.05, 4.69) is 5.32 Å². The fraction of sp³-hybridized carbons (Fsp3) is 0.600. The maximum Gasteiger partial charge on any atom is 0.162 e. The number of methoxy groups -OCH3 is 2. The summed E-state index contributed by atoms with van der Waals surface area (Å²) in [5, 5.41) is 12.9. The van der Waals surface area contributed by atoms with Gasteiger partial charge in [-0.25, -0.2) is 0 Å². The third-order valence-electron chi connectivity index (χ3n) is 2.81. The van der Waals surface area contributed by atoms with Crippen LogP contribution in [0.25, 0.3) is 0 Å². The van der Waals surface area contributed by atoms with Crippen molar-refractivity contribution in [3.63, 3.8) is 0 Å². The summed E-state index contributed by atoms with van der Waals surface area (Å²) in [6.07, 6.45) is -0.584. The maximum absolute atomic E-state index is 9.81. The number of nitrogens with one attached hydrogen (secondary N) is 1. The van der Waals surface area contributed by atoms with Gasteiger partial charge in [0.15, 0.2) is 11.5 Å². The minimum Gasteiger partial charge on any atom is -0.493 e. The predicted molar refractivity (Wildman–Crippen MR) is 81.4 cm³/mol. The van der Waals surface area contributed by atoms with Crippen molar-refractivity contribution in [3.05, 3.63) is 18.2 Å². The normalized spacial score (nSPS) is 12.0. The fourth-order valence-electron chi connectivity index (χ4n) is 1.72. The van der Waals surface area contributed by atoms with Gasteiger partial charge in [0.2, 0.25) is 0 Å². The van der Waals surface area contributed by atoms with E-state index in [1.54, 1.807) is 14.2 Å². The third-order valence-corrected chi connectivity index (χ3v) is 2.81. The molecule has 1 atom stereocenters. The highest BCUT2D eigenvalue weighted by molar-refractivity contribution is 5.54. The Morgan fingerprint density at radius 3 is 2.48 bits per heavy atom. The quantitative estimate of drug-likeness (QED) is 0.604. The highest BCUT2D eigenvalue weighted by atomic mass is 16.5. The third kappa shape index (κ3) is 6.66. The lowest BCUT2D eigenvalue weighted by Crippen LogP contribution is -2.25. The Bertz CT molecular complexity index is 400. The smallest absolute Gasteiger partial charge is 0.162 e. The zero-order valence-corrected chi connectivity index (χ0v) is 12.9. The molecule has 0 amide bonds. The van der Waals surface area contributed by atoms with Crippen molar-refractivity contribution in [1.29, 1.82) is 0 Å². The molecule has 6 nitrogen and oxygen atoms in total. The Balaban J connectivity index is 2.30. The molecular formula is C15H25NO5. The van der Waals surface area contributed by atoms with Crippen LogP contribution in [-0.2, 0) is 9.47 Å². The first-order valence-corrected chi connectivity index (χ1v) is 7.00. The molecule has 1 aromatic carbocycles. The van der Waals surface area contributed by atoms with E-state index in [1.165, 1.54) is 0 Å². The van der Waals surface area contributed by atoms with Gasteiger partial charge < -0.3 is 29.4 Å². The molecular weight excluding hydrogens is 274 g/mol. The fourth-order valence-corrected chi connectivity index (χ4v) is 1.72. The Labute approximate surface area is 126 Å². The van der Waals surface area contributed by atoms with Crippen molar-refractivity contribution < 1.29 is 24.1 Å². The number of benzene rings is 1. The number of hydrogen-bond acceptors (Lipinski definition) is 6. The minimum atomic E-state index is -0.584. The van der Waals surface area contributed by atoms with Gasteiger partial charge in [0.05, 0.1) is 40.1 Å². The zero-order valence-electron chi connectivity index (χ0n) is 12.9. The zero-order chi connectivity index (χ0) is 15.5. The molecule has 1 rings (SSSR count). The van der Waals surface area contributed by atoms with Gasteiger partial charge >= 0.3 is 0 Å². The molecule has 1 aromatic rings. The van der Waals surface area contributed by atoms with Gasteiger partial charge in [0.1, 0.15) is 0 Å². The molecule has 0 aliphatic rings.